The van der Waals surface area contributed by atoms with E-state index in [0.29, 0.717) is 5.82 Å². The average Bonchev–Trinajstić information content (AvgIpc) is 2.76. The third kappa shape index (κ3) is 4.30. The van der Waals surface area contributed by atoms with Crippen molar-refractivity contribution in [1.29, 1.82) is 0 Å². The van der Waals surface area contributed by atoms with Crippen LogP contribution in [0, 0.1) is 0 Å². The van der Waals surface area contributed by atoms with Gasteiger partial charge in [-0.15, -0.1) is 0 Å². The Morgan fingerprint density at radius 2 is 1.28 bits per heavy atom. The van der Waals surface area contributed by atoms with Crippen LogP contribution >= 0.6 is 0 Å². The third-order valence-electron chi connectivity index (χ3n) is 4.41. The van der Waals surface area contributed by atoms with Gasteiger partial charge >= 0.3 is 0 Å². The predicted octanol–water partition coefficient (Wildman–Crippen LogP) is 5.57. The molecule has 0 fully saturated rings. The first-order valence-corrected chi connectivity index (χ1v) is 9.31. The van der Waals surface area contributed by atoms with Crippen LogP contribution in [0.1, 0.15) is 6.92 Å². The number of aromatic nitrogens is 2. The Kier molecular flexibility index (Phi) is 5.29. The molecule has 0 saturated heterocycles. The fourth-order valence-electron chi connectivity index (χ4n) is 3.10. The first-order chi connectivity index (χ1) is 14.2. The van der Waals surface area contributed by atoms with E-state index in [1.807, 2.05) is 48.5 Å². The van der Waals surface area contributed by atoms with Crippen molar-refractivity contribution in [3.63, 3.8) is 0 Å². The molecule has 29 heavy (non-hydrogen) atoms. The number of rotatable bonds is 5. The number of nitrogens with one attached hydrogen (secondary N) is 1. The van der Waals surface area contributed by atoms with Crippen molar-refractivity contribution in [1.82, 2.24) is 9.97 Å². The topological polar surface area (TPSA) is 58.1 Å². The summed E-state index contributed by atoms with van der Waals surface area (Å²) in [5, 5.41) is 2.62. The first-order valence-electron chi connectivity index (χ1n) is 9.31. The molecule has 1 heterocycles. The molecule has 0 spiro atoms. The van der Waals surface area contributed by atoms with Gasteiger partial charge in [0.05, 0.1) is 18.1 Å². The normalized spacial score (nSPS) is 10.4. The van der Waals surface area contributed by atoms with Crippen LogP contribution in [0.25, 0.3) is 11.3 Å². The number of carbonyl (C=O) groups excluding carboxylic acids is 1. The molecule has 4 rings (SSSR count). The quantitative estimate of drug-likeness (QED) is 0.492. The minimum atomic E-state index is -0.168. The van der Waals surface area contributed by atoms with Crippen LogP contribution in [0.5, 0.6) is 0 Å². The largest absolute Gasteiger partial charge is 0.311 e. The molecule has 5 nitrogen and oxygen atoms in total. The van der Waals surface area contributed by atoms with Crippen LogP contribution in [-0.4, -0.2) is 15.9 Å². The number of amides is 1. The molecular formula is C24H20N4O. The van der Waals surface area contributed by atoms with Gasteiger partial charge in [0.1, 0.15) is 0 Å². The fraction of sp³-hybridized carbons (Fsp3) is 0.0417. The highest BCUT2D eigenvalue weighted by atomic mass is 16.1. The second kappa shape index (κ2) is 8.35. The Hall–Kier alpha value is -3.99. The van der Waals surface area contributed by atoms with Gasteiger partial charge in [-0.2, -0.15) is 0 Å². The summed E-state index contributed by atoms with van der Waals surface area (Å²) in [5.74, 6) is 0.274. The number of benzene rings is 3. The lowest BCUT2D eigenvalue weighted by Crippen LogP contribution is -2.09. The minimum Gasteiger partial charge on any atom is -0.311 e. The van der Waals surface area contributed by atoms with E-state index in [0.717, 1.165) is 28.3 Å². The molecule has 1 amide bonds. The second-order valence-electron chi connectivity index (χ2n) is 6.52. The molecule has 0 aliphatic carbocycles. The number of anilines is 4. The van der Waals surface area contributed by atoms with Crippen molar-refractivity contribution in [2.45, 2.75) is 6.92 Å². The SMILES string of the molecule is CC(=O)Nc1cnc(-c2ccc(N(c3ccccc3)c3ccccc3)cc2)cn1. The molecule has 0 atom stereocenters. The molecule has 0 radical (unpaired) electrons. The predicted molar refractivity (Wildman–Crippen MR) is 116 cm³/mol. The zero-order valence-corrected chi connectivity index (χ0v) is 16.0. The third-order valence-corrected chi connectivity index (χ3v) is 4.41. The lowest BCUT2D eigenvalue weighted by Gasteiger charge is -2.25. The lowest BCUT2D eigenvalue weighted by atomic mass is 10.1. The van der Waals surface area contributed by atoms with Crippen molar-refractivity contribution in [3.05, 3.63) is 97.3 Å². The second-order valence-corrected chi connectivity index (χ2v) is 6.52. The molecule has 5 heteroatoms. The van der Waals surface area contributed by atoms with Crippen LogP contribution < -0.4 is 10.2 Å². The summed E-state index contributed by atoms with van der Waals surface area (Å²) in [4.78, 5) is 22.0. The van der Waals surface area contributed by atoms with Crippen LogP contribution in [0.15, 0.2) is 97.3 Å². The average molecular weight is 380 g/mol. The Bertz CT molecular complexity index is 1040. The van der Waals surface area contributed by atoms with Gasteiger partial charge in [-0.3, -0.25) is 9.78 Å². The Labute approximate surface area is 169 Å². The maximum atomic E-state index is 11.1. The number of carbonyl (C=O) groups is 1. The highest BCUT2D eigenvalue weighted by molar-refractivity contribution is 5.87. The zero-order valence-electron chi connectivity index (χ0n) is 16.0. The van der Waals surface area contributed by atoms with Gasteiger partial charge in [0, 0.05) is 29.5 Å². The Balaban J connectivity index is 1.65. The van der Waals surface area contributed by atoms with Crippen molar-refractivity contribution >= 4 is 28.8 Å². The molecule has 1 N–H and O–H groups in total. The van der Waals surface area contributed by atoms with Gasteiger partial charge in [-0.05, 0) is 36.4 Å². The molecule has 0 bridgehead atoms. The van der Waals surface area contributed by atoms with Crippen molar-refractivity contribution in [2.75, 3.05) is 10.2 Å². The molecule has 0 saturated carbocycles. The van der Waals surface area contributed by atoms with Crippen LogP contribution in [0.2, 0.25) is 0 Å². The molecule has 0 unspecified atom stereocenters. The Morgan fingerprint density at radius 1 is 0.724 bits per heavy atom. The van der Waals surface area contributed by atoms with E-state index in [1.165, 1.54) is 6.92 Å². The number of para-hydroxylation sites is 2. The van der Waals surface area contributed by atoms with Gasteiger partial charge in [-0.25, -0.2) is 4.98 Å². The first kappa shape index (κ1) is 18.4. The molecule has 1 aromatic heterocycles. The van der Waals surface area contributed by atoms with E-state index in [4.69, 9.17) is 0 Å². The number of hydrogen-bond donors (Lipinski definition) is 1. The van der Waals surface area contributed by atoms with E-state index in [9.17, 15) is 4.79 Å². The summed E-state index contributed by atoms with van der Waals surface area (Å²) in [6.07, 6.45) is 3.22. The monoisotopic (exact) mass is 380 g/mol. The van der Waals surface area contributed by atoms with Gasteiger partial charge in [-0.1, -0.05) is 48.5 Å². The fourth-order valence-corrected chi connectivity index (χ4v) is 3.10. The van der Waals surface area contributed by atoms with Gasteiger partial charge in [0.25, 0.3) is 0 Å². The molecular weight excluding hydrogens is 360 g/mol. The van der Waals surface area contributed by atoms with Crippen molar-refractivity contribution in [3.8, 4) is 11.3 Å². The molecule has 142 valence electrons. The Morgan fingerprint density at radius 3 is 1.76 bits per heavy atom. The van der Waals surface area contributed by atoms with Gasteiger partial charge < -0.3 is 10.2 Å². The summed E-state index contributed by atoms with van der Waals surface area (Å²) in [6.45, 7) is 1.44. The minimum absolute atomic E-state index is 0.168. The molecule has 4 aromatic rings. The van der Waals surface area contributed by atoms with E-state index in [-0.39, 0.29) is 5.91 Å². The molecule has 0 aliphatic rings. The van der Waals surface area contributed by atoms with Gasteiger partial charge in [0.2, 0.25) is 5.91 Å². The summed E-state index contributed by atoms with van der Waals surface area (Å²) < 4.78 is 0. The number of nitrogens with zero attached hydrogens (tertiary/aromatic N) is 3. The number of hydrogen-bond acceptors (Lipinski definition) is 4. The summed E-state index contributed by atoms with van der Waals surface area (Å²) in [5.41, 5.74) is 4.93. The van der Waals surface area contributed by atoms with E-state index in [1.54, 1.807) is 12.4 Å². The smallest absolute Gasteiger partial charge is 0.222 e. The molecule has 0 aliphatic heterocycles. The summed E-state index contributed by atoms with van der Waals surface area (Å²) in [6, 6.07) is 28.7. The van der Waals surface area contributed by atoms with Crippen molar-refractivity contribution < 1.29 is 4.79 Å². The standard InChI is InChI=1S/C24H20N4O/c1-18(29)27-24-17-25-23(16-26-24)19-12-14-22(15-13-19)28(20-8-4-2-5-9-20)21-10-6-3-7-11-21/h2-17H,1H3,(H,26,27,29). The lowest BCUT2D eigenvalue weighted by molar-refractivity contribution is -0.114. The maximum absolute atomic E-state index is 11.1. The van der Waals surface area contributed by atoms with Crippen molar-refractivity contribution in [2.24, 2.45) is 0 Å². The van der Waals surface area contributed by atoms with Crippen LogP contribution in [-0.2, 0) is 4.79 Å². The zero-order chi connectivity index (χ0) is 20.1. The summed E-state index contributed by atoms with van der Waals surface area (Å²) in [7, 11) is 0. The summed E-state index contributed by atoms with van der Waals surface area (Å²) >= 11 is 0. The van der Waals surface area contributed by atoms with Crippen LogP contribution in [0.3, 0.4) is 0 Å². The van der Waals surface area contributed by atoms with E-state index in [2.05, 4.69) is 56.6 Å². The van der Waals surface area contributed by atoms with Crippen LogP contribution in [0.4, 0.5) is 22.9 Å². The van der Waals surface area contributed by atoms with Gasteiger partial charge in [0.15, 0.2) is 5.82 Å². The van der Waals surface area contributed by atoms with E-state index < -0.39 is 0 Å². The molecule has 3 aromatic carbocycles. The highest BCUT2D eigenvalue weighted by Gasteiger charge is 2.12. The highest BCUT2D eigenvalue weighted by Crippen LogP contribution is 2.34. The maximum Gasteiger partial charge on any atom is 0.222 e. The van der Waals surface area contributed by atoms with E-state index >= 15 is 0 Å².